The van der Waals surface area contributed by atoms with Gasteiger partial charge >= 0.3 is 12.2 Å². The van der Waals surface area contributed by atoms with Crippen molar-refractivity contribution in [3.63, 3.8) is 0 Å². The highest BCUT2D eigenvalue weighted by Gasteiger charge is 2.35. The highest BCUT2D eigenvalue weighted by atomic mass is 19.4. The lowest BCUT2D eigenvalue weighted by molar-refractivity contribution is -0.137. The molecule has 3 aromatic rings. The van der Waals surface area contributed by atoms with Crippen LogP contribution in [-0.4, -0.2) is 70.8 Å². The van der Waals surface area contributed by atoms with E-state index in [1.54, 1.807) is 13.8 Å². The topological polar surface area (TPSA) is 143 Å². The van der Waals surface area contributed by atoms with Gasteiger partial charge in [-0.3, -0.25) is 9.59 Å². The number of alkyl halides is 3. The molecule has 4 amide bonds. The molecule has 0 aliphatic carbocycles. The van der Waals surface area contributed by atoms with Crippen molar-refractivity contribution in [2.75, 3.05) is 20.2 Å². The Morgan fingerprint density at radius 2 is 1.73 bits per heavy atom. The van der Waals surface area contributed by atoms with Gasteiger partial charge in [-0.1, -0.05) is 54.6 Å². The maximum atomic E-state index is 13.9. The van der Waals surface area contributed by atoms with Gasteiger partial charge in [0.1, 0.15) is 6.04 Å². The third kappa shape index (κ3) is 9.78. The second-order valence-electron chi connectivity index (χ2n) is 12.6. The summed E-state index contributed by atoms with van der Waals surface area (Å²) in [7, 11) is 1.54. The molecule has 0 aromatic heterocycles. The first-order chi connectivity index (χ1) is 22.7. The van der Waals surface area contributed by atoms with Gasteiger partial charge in [-0.2, -0.15) is 13.2 Å². The predicted molar refractivity (Wildman–Crippen MR) is 174 cm³/mol. The molecule has 0 fully saturated rings. The van der Waals surface area contributed by atoms with E-state index in [-0.39, 0.29) is 38.5 Å². The fraction of sp³-hybridized carbons (Fsp3) is 0.400. The normalized spacial score (nSPS) is 15.7. The minimum Gasteiger partial charge on any atom is -0.394 e. The number of β-amino-alcohol motifs (C(OH)–C–C–N with tert-alkyl or cyclic N) is 1. The van der Waals surface area contributed by atoms with E-state index in [9.17, 15) is 32.7 Å². The number of carbonyl (C=O) groups excluding carboxylic acids is 3. The second-order valence-corrected chi connectivity index (χ2v) is 12.6. The number of amides is 4. The number of benzene rings is 3. The van der Waals surface area contributed by atoms with E-state index in [0.29, 0.717) is 17.7 Å². The Morgan fingerprint density at radius 1 is 1.02 bits per heavy atom. The van der Waals surface area contributed by atoms with Crippen LogP contribution in [0.5, 0.6) is 0 Å². The van der Waals surface area contributed by atoms with Crippen molar-refractivity contribution in [3.05, 3.63) is 94.5 Å². The molecule has 0 spiro atoms. The van der Waals surface area contributed by atoms with E-state index in [1.807, 2.05) is 48.5 Å². The van der Waals surface area contributed by atoms with Crippen LogP contribution in [0, 0.1) is 0 Å². The van der Waals surface area contributed by atoms with Gasteiger partial charge in [-0.15, -0.1) is 0 Å². The van der Waals surface area contributed by atoms with Crippen LogP contribution in [0.1, 0.15) is 48.1 Å². The van der Waals surface area contributed by atoms with Gasteiger partial charge in [-0.05, 0) is 59.4 Å². The Kier molecular flexibility index (Phi) is 11.8. The molecule has 258 valence electrons. The number of halogens is 3. The zero-order valence-electron chi connectivity index (χ0n) is 27.2. The Labute approximate surface area is 277 Å². The molecule has 48 heavy (non-hydrogen) atoms. The smallest absolute Gasteiger partial charge is 0.394 e. The summed E-state index contributed by atoms with van der Waals surface area (Å²) in [5.41, 5.74) is 2.75. The van der Waals surface area contributed by atoms with Crippen LogP contribution in [0.15, 0.2) is 66.7 Å². The predicted octanol–water partition coefficient (Wildman–Crippen LogP) is 3.48. The highest BCUT2D eigenvalue weighted by Crippen LogP contribution is 2.33. The van der Waals surface area contributed by atoms with Crippen LogP contribution in [0.2, 0.25) is 0 Å². The fourth-order valence-electron chi connectivity index (χ4n) is 5.60. The average molecular weight is 670 g/mol. The first-order valence-corrected chi connectivity index (χ1v) is 15.6. The molecular weight excluding hydrogens is 627 g/mol. The van der Waals surface area contributed by atoms with Crippen LogP contribution in [0.3, 0.4) is 0 Å². The molecule has 0 bridgehead atoms. The van der Waals surface area contributed by atoms with E-state index in [0.717, 1.165) is 34.4 Å². The molecule has 0 saturated carbocycles. The van der Waals surface area contributed by atoms with Crippen molar-refractivity contribution in [2.24, 2.45) is 0 Å². The molecule has 1 aliphatic heterocycles. The number of nitrogens with one attached hydrogen (secondary N) is 4. The monoisotopic (exact) mass is 669 g/mol. The van der Waals surface area contributed by atoms with Gasteiger partial charge in [0.25, 0.3) is 0 Å². The first-order valence-electron chi connectivity index (χ1n) is 15.6. The number of nitrogens with zero attached hydrogens (tertiary/aromatic N) is 1. The lowest BCUT2D eigenvalue weighted by atomic mass is 9.97. The van der Waals surface area contributed by atoms with Gasteiger partial charge < -0.3 is 36.4 Å². The Hall–Kier alpha value is -4.46. The third-order valence-electron chi connectivity index (χ3n) is 8.22. The van der Waals surface area contributed by atoms with Gasteiger partial charge in [0.2, 0.25) is 11.8 Å². The van der Waals surface area contributed by atoms with Crippen molar-refractivity contribution >= 4 is 17.8 Å². The lowest BCUT2D eigenvalue weighted by Crippen LogP contribution is -2.51. The molecular formula is C35H42F3N5O5. The van der Waals surface area contributed by atoms with E-state index in [2.05, 4.69) is 21.3 Å². The molecule has 0 saturated heterocycles. The minimum atomic E-state index is -4.57. The Morgan fingerprint density at radius 3 is 2.40 bits per heavy atom. The number of fused-ring (bicyclic) bond motifs is 1. The number of urea groups is 1. The minimum absolute atomic E-state index is 0.0395. The van der Waals surface area contributed by atoms with E-state index >= 15 is 0 Å². The highest BCUT2D eigenvalue weighted by molar-refractivity contribution is 5.89. The zero-order valence-corrected chi connectivity index (χ0v) is 27.2. The van der Waals surface area contributed by atoms with E-state index in [1.165, 1.54) is 18.0 Å². The SMILES string of the molecule is CNC(=O)NCc1ccccc1-c1ccc(CN2Cc3ccc(C(F)(F)F)cc3C[C@@H](NC(=O)CC(C)(C)NC[C@H](O)CO)C2=O)cc1. The molecule has 1 aliphatic rings. The molecule has 13 heteroatoms. The van der Waals surface area contributed by atoms with Crippen LogP contribution in [0.4, 0.5) is 18.0 Å². The van der Waals surface area contributed by atoms with Gasteiger partial charge in [-0.25, -0.2) is 4.79 Å². The quantitative estimate of drug-likeness (QED) is 0.174. The van der Waals surface area contributed by atoms with Gasteiger partial charge in [0, 0.05) is 51.6 Å². The second kappa shape index (κ2) is 15.6. The van der Waals surface area contributed by atoms with E-state index in [4.69, 9.17) is 5.11 Å². The third-order valence-corrected chi connectivity index (χ3v) is 8.22. The molecule has 1 heterocycles. The molecule has 10 nitrogen and oxygen atoms in total. The maximum absolute atomic E-state index is 13.9. The first kappa shape index (κ1) is 36.4. The summed E-state index contributed by atoms with van der Waals surface area (Å²) in [5.74, 6) is -0.919. The average Bonchev–Trinajstić information content (AvgIpc) is 3.17. The largest absolute Gasteiger partial charge is 0.416 e. The Balaban J connectivity index is 1.56. The standard InChI is InChI=1S/C35H42F3N5O5/c1-34(2,41-18-28(45)21-44)16-31(46)42-30-15-26-14-27(35(36,37)38)13-12-25(26)20-43(32(30)47)19-22-8-10-23(11-9-22)29-7-5-4-6-24(29)17-40-33(48)39-3/h4-14,28,30,41,44-45H,15-21H2,1-3H3,(H,42,46)(H2,39,40,48)/t28-,30+/m0/s1. The summed E-state index contributed by atoms with van der Waals surface area (Å²) >= 11 is 0. The zero-order chi connectivity index (χ0) is 35.1. The molecule has 0 unspecified atom stereocenters. The number of hydrogen-bond acceptors (Lipinski definition) is 6. The van der Waals surface area contributed by atoms with Crippen molar-refractivity contribution in [3.8, 4) is 11.1 Å². The number of rotatable bonds is 12. The summed E-state index contributed by atoms with van der Waals surface area (Å²) in [5, 5.41) is 29.8. The number of aliphatic hydroxyl groups is 2. The van der Waals surface area contributed by atoms with Crippen molar-refractivity contribution < 1.29 is 37.8 Å². The molecule has 2 atom stereocenters. The van der Waals surface area contributed by atoms with Crippen molar-refractivity contribution in [1.82, 2.24) is 26.2 Å². The molecule has 0 radical (unpaired) electrons. The maximum Gasteiger partial charge on any atom is 0.416 e. The number of carbonyl (C=O) groups is 3. The van der Waals surface area contributed by atoms with Crippen LogP contribution in [0.25, 0.3) is 11.1 Å². The summed E-state index contributed by atoms with van der Waals surface area (Å²) in [4.78, 5) is 40.3. The fourth-order valence-corrected chi connectivity index (χ4v) is 5.60. The summed E-state index contributed by atoms with van der Waals surface area (Å²) in [6.07, 6.45) is -5.79. The number of aliphatic hydroxyl groups excluding tert-OH is 2. The van der Waals surface area contributed by atoms with Crippen LogP contribution < -0.4 is 21.3 Å². The molecule has 3 aromatic carbocycles. The van der Waals surface area contributed by atoms with Gasteiger partial charge in [0.05, 0.1) is 18.3 Å². The lowest BCUT2D eigenvalue weighted by Gasteiger charge is -2.29. The van der Waals surface area contributed by atoms with E-state index < -0.39 is 47.8 Å². The summed E-state index contributed by atoms with van der Waals surface area (Å²) in [6.45, 7) is 3.57. The van der Waals surface area contributed by atoms with Crippen LogP contribution in [-0.2, 0) is 41.8 Å². The van der Waals surface area contributed by atoms with Crippen molar-refractivity contribution in [2.45, 2.75) is 70.2 Å². The Bertz CT molecular complexity index is 1600. The molecule has 6 N–H and O–H groups in total. The van der Waals surface area contributed by atoms with Gasteiger partial charge in [0.15, 0.2) is 0 Å². The summed E-state index contributed by atoms with van der Waals surface area (Å²) in [6, 6.07) is 17.2. The summed E-state index contributed by atoms with van der Waals surface area (Å²) < 4.78 is 40.8. The number of hydrogen-bond donors (Lipinski definition) is 6. The van der Waals surface area contributed by atoms with Crippen LogP contribution >= 0.6 is 0 Å². The van der Waals surface area contributed by atoms with Crippen molar-refractivity contribution in [1.29, 1.82) is 0 Å². The molecule has 4 rings (SSSR count).